The van der Waals surface area contributed by atoms with E-state index >= 15 is 0 Å². The fraction of sp³-hybridized carbons (Fsp3) is 0.429. The predicted octanol–water partition coefficient (Wildman–Crippen LogP) is 1.81. The lowest BCUT2D eigenvalue weighted by atomic mass is 9.86. The maximum atomic E-state index is 12.0. The van der Waals surface area contributed by atoms with E-state index in [9.17, 15) is 9.59 Å². The Morgan fingerprint density at radius 2 is 1.89 bits per heavy atom. The summed E-state index contributed by atoms with van der Waals surface area (Å²) in [6.45, 7) is 7.12. The lowest BCUT2D eigenvalue weighted by Crippen LogP contribution is -2.49. The van der Waals surface area contributed by atoms with Crippen molar-refractivity contribution in [2.24, 2.45) is 5.41 Å². The summed E-state index contributed by atoms with van der Waals surface area (Å²) < 4.78 is 0. The summed E-state index contributed by atoms with van der Waals surface area (Å²) >= 11 is 0. The average molecular weight is 264 g/mol. The van der Waals surface area contributed by atoms with Gasteiger partial charge in [-0.25, -0.2) is 4.79 Å². The first-order valence-electron chi connectivity index (χ1n) is 6.02. The van der Waals surface area contributed by atoms with Crippen molar-refractivity contribution in [3.63, 3.8) is 0 Å². The van der Waals surface area contributed by atoms with Crippen molar-refractivity contribution in [2.45, 2.75) is 33.7 Å². The van der Waals surface area contributed by atoms with Crippen LogP contribution in [0, 0.1) is 12.3 Å². The number of carboxylic acids is 1. The highest BCUT2D eigenvalue weighted by atomic mass is 16.4. The van der Waals surface area contributed by atoms with Crippen LogP contribution in [0.25, 0.3) is 0 Å². The molecular formula is C14H20N2O3. The van der Waals surface area contributed by atoms with Crippen molar-refractivity contribution in [1.29, 1.82) is 0 Å². The zero-order chi connectivity index (χ0) is 14.8. The number of carbonyl (C=O) groups is 2. The van der Waals surface area contributed by atoms with Crippen LogP contribution in [0.5, 0.6) is 0 Å². The fourth-order valence-corrected chi connectivity index (χ4v) is 1.64. The smallest absolute Gasteiger partial charge is 0.326 e. The molecule has 1 aromatic carbocycles. The second-order valence-electron chi connectivity index (χ2n) is 5.68. The summed E-state index contributed by atoms with van der Waals surface area (Å²) in [5.74, 6) is -1.49. The van der Waals surface area contributed by atoms with Gasteiger partial charge < -0.3 is 16.2 Å². The Bertz CT molecular complexity index is 504. The molecule has 5 heteroatoms. The second kappa shape index (κ2) is 5.30. The number of carboxylic acid groups (broad SMARTS) is 1. The molecule has 0 bridgehead atoms. The molecule has 4 N–H and O–H groups in total. The van der Waals surface area contributed by atoms with Gasteiger partial charge in [-0.15, -0.1) is 0 Å². The molecule has 0 aromatic heterocycles. The summed E-state index contributed by atoms with van der Waals surface area (Å²) in [6.07, 6.45) is 0. The van der Waals surface area contributed by atoms with Gasteiger partial charge in [-0.05, 0) is 30.0 Å². The summed E-state index contributed by atoms with van der Waals surface area (Å²) in [5.41, 5.74) is 6.91. The Labute approximate surface area is 112 Å². The number of hydrogen-bond donors (Lipinski definition) is 3. The number of aliphatic carboxylic acids is 1. The first-order chi connectivity index (χ1) is 8.62. The Hall–Kier alpha value is -2.04. The van der Waals surface area contributed by atoms with Crippen molar-refractivity contribution in [1.82, 2.24) is 5.32 Å². The fourth-order valence-electron chi connectivity index (χ4n) is 1.64. The van der Waals surface area contributed by atoms with Crippen LogP contribution < -0.4 is 11.1 Å². The third kappa shape index (κ3) is 3.71. The van der Waals surface area contributed by atoms with Gasteiger partial charge in [0.2, 0.25) is 0 Å². The van der Waals surface area contributed by atoms with E-state index in [4.69, 9.17) is 10.8 Å². The minimum Gasteiger partial charge on any atom is -0.480 e. The second-order valence-corrected chi connectivity index (χ2v) is 5.68. The van der Waals surface area contributed by atoms with E-state index < -0.39 is 23.3 Å². The largest absolute Gasteiger partial charge is 0.480 e. The summed E-state index contributed by atoms with van der Waals surface area (Å²) in [4.78, 5) is 23.2. The average Bonchev–Trinajstić information content (AvgIpc) is 2.27. The molecule has 0 saturated heterocycles. The normalized spacial score (nSPS) is 12.8. The van der Waals surface area contributed by atoms with Crippen LogP contribution in [0.2, 0.25) is 0 Å². The number of benzene rings is 1. The van der Waals surface area contributed by atoms with Crippen LogP contribution in [-0.4, -0.2) is 23.0 Å². The Morgan fingerprint density at radius 1 is 1.32 bits per heavy atom. The Kier molecular flexibility index (Phi) is 4.19. The number of nitrogen functional groups attached to an aromatic ring is 1. The number of nitrogens with two attached hydrogens (primary N) is 1. The molecule has 19 heavy (non-hydrogen) atoms. The molecule has 0 spiro atoms. The van der Waals surface area contributed by atoms with E-state index in [0.29, 0.717) is 11.3 Å². The molecule has 0 radical (unpaired) electrons. The quantitative estimate of drug-likeness (QED) is 0.726. The van der Waals surface area contributed by atoms with Gasteiger partial charge in [-0.2, -0.15) is 0 Å². The van der Waals surface area contributed by atoms with Crippen LogP contribution in [0.3, 0.4) is 0 Å². The van der Waals surface area contributed by atoms with Crippen LogP contribution in [-0.2, 0) is 4.79 Å². The highest BCUT2D eigenvalue weighted by Crippen LogP contribution is 2.20. The Balaban J connectivity index is 2.94. The lowest BCUT2D eigenvalue weighted by molar-refractivity contribution is -0.142. The molecule has 0 aliphatic heterocycles. The minimum atomic E-state index is -1.05. The molecule has 0 aliphatic carbocycles. The molecule has 0 fully saturated rings. The standard InChI is InChI=1S/C14H20N2O3/c1-8-5-6-9(7-10(8)15)12(17)16-11(13(18)19)14(2,3)4/h5-7,11H,15H2,1-4H3,(H,16,17)(H,18,19). The summed E-state index contributed by atoms with van der Waals surface area (Å²) in [5, 5.41) is 11.7. The molecule has 104 valence electrons. The van der Waals surface area contributed by atoms with Crippen LogP contribution in [0.1, 0.15) is 36.7 Å². The van der Waals surface area contributed by atoms with Gasteiger partial charge in [0.05, 0.1) is 0 Å². The van der Waals surface area contributed by atoms with E-state index in [1.165, 1.54) is 0 Å². The number of hydrogen-bond acceptors (Lipinski definition) is 3. The highest BCUT2D eigenvalue weighted by Gasteiger charge is 2.32. The van der Waals surface area contributed by atoms with E-state index in [0.717, 1.165) is 5.56 Å². The highest BCUT2D eigenvalue weighted by molar-refractivity contribution is 5.97. The van der Waals surface area contributed by atoms with E-state index in [-0.39, 0.29) is 0 Å². The molecule has 1 unspecified atom stereocenters. The molecule has 1 aromatic rings. The molecule has 0 aliphatic rings. The predicted molar refractivity (Wildman–Crippen MR) is 73.9 cm³/mol. The lowest BCUT2D eigenvalue weighted by Gasteiger charge is -2.27. The summed E-state index contributed by atoms with van der Waals surface area (Å²) in [6, 6.07) is 3.95. The number of carbonyl (C=O) groups excluding carboxylic acids is 1. The van der Waals surface area contributed by atoms with E-state index in [1.54, 1.807) is 39.0 Å². The van der Waals surface area contributed by atoms with Crippen molar-refractivity contribution in [2.75, 3.05) is 5.73 Å². The zero-order valence-electron chi connectivity index (χ0n) is 11.7. The zero-order valence-corrected chi connectivity index (χ0v) is 11.7. The molecular weight excluding hydrogens is 244 g/mol. The molecule has 1 atom stereocenters. The first-order valence-corrected chi connectivity index (χ1v) is 6.02. The Morgan fingerprint density at radius 3 is 2.32 bits per heavy atom. The van der Waals surface area contributed by atoms with Crippen molar-refractivity contribution in [3.05, 3.63) is 29.3 Å². The van der Waals surface area contributed by atoms with Gasteiger partial charge in [-0.3, -0.25) is 4.79 Å². The SMILES string of the molecule is Cc1ccc(C(=O)NC(C(=O)O)C(C)(C)C)cc1N. The number of rotatable bonds is 3. The van der Waals surface area contributed by atoms with Gasteiger partial charge in [0.25, 0.3) is 5.91 Å². The molecule has 0 heterocycles. The molecule has 0 saturated carbocycles. The molecule has 5 nitrogen and oxygen atoms in total. The number of amides is 1. The van der Waals surface area contributed by atoms with Crippen molar-refractivity contribution in [3.8, 4) is 0 Å². The number of aryl methyl sites for hydroxylation is 1. The van der Waals surface area contributed by atoms with E-state index in [2.05, 4.69) is 5.32 Å². The molecule has 1 rings (SSSR count). The first kappa shape index (κ1) is 15.0. The van der Waals surface area contributed by atoms with Crippen LogP contribution in [0.4, 0.5) is 5.69 Å². The van der Waals surface area contributed by atoms with Gasteiger partial charge in [0, 0.05) is 11.3 Å². The number of nitrogens with one attached hydrogen (secondary N) is 1. The maximum Gasteiger partial charge on any atom is 0.326 e. The summed E-state index contributed by atoms with van der Waals surface area (Å²) in [7, 11) is 0. The third-order valence-corrected chi connectivity index (χ3v) is 2.93. The van der Waals surface area contributed by atoms with Gasteiger partial charge in [0.15, 0.2) is 0 Å². The van der Waals surface area contributed by atoms with E-state index in [1.807, 2.05) is 6.92 Å². The van der Waals surface area contributed by atoms with Crippen molar-refractivity contribution < 1.29 is 14.7 Å². The monoisotopic (exact) mass is 264 g/mol. The van der Waals surface area contributed by atoms with Gasteiger partial charge >= 0.3 is 5.97 Å². The maximum absolute atomic E-state index is 12.0. The number of anilines is 1. The minimum absolute atomic E-state index is 0.360. The molecule has 1 amide bonds. The third-order valence-electron chi connectivity index (χ3n) is 2.93. The topological polar surface area (TPSA) is 92.4 Å². The van der Waals surface area contributed by atoms with Crippen LogP contribution >= 0.6 is 0 Å². The van der Waals surface area contributed by atoms with Gasteiger partial charge in [-0.1, -0.05) is 26.8 Å². The van der Waals surface area contributed by atoms with Crippen molar-refractivity contribution >= 4 is 17.6 Å². The van der Waals surface area contributed by atoms with Gasteiger partial charge in [0.1, 0.15) is 6.04 Å². The van der Waals surface area contributed by atoms with Crippen LogP contribution in [0.15, 0.2) is 18.2 Å².